The topological polar surface area (TPSA) is 39.2 Å². The van der Waals surface area contributed by atoms with E-state index in [4.69, 9.17) is 11.6 Å². The molecule has 0 bridgehead atoms. The number of pyridine rings is 1. The molecule has 0 radical (unpaired) electrons. The highest BCUT2D eigenvalue weighted by molar-refractivity contribution is 6.34. The molecule has 1 aromatic carbocycles. The van der Waals surface area contributed by atoms with Crippen molar-refractivity contribution in [1.29, 1.82) is 0 Å². The molecule has 0 aliphatic carbocycles. The second-order valence-electron chi connectivity index (χ2n) is 3.56. The maximum Gasteiger partial charge on any atom is 0.387 e. The third-order valence-corrected chi connectivity index (χ3v) is 2.63. The molecule has 6 heteroatoms. The summed E-state index contributed by atoms with van der Waals surface area (Å²) in [6.07, 6.45) is 1.46. The van der Waals surface area contributed by atoms with Crippen LogP contribution in [0.1, 0.15) is 16.1 Å². The van der Waals surface area contributed by atoms with Crippen molar-refractivity contribution in [2.24, 2.45) is 0 Å². The van der Waals surface area contributed by atoms with Crippen molar-refractivity contribution in [3.8, 4) is 5.75 Å². The van der Waals surface area contributed by atoms with Crippen LogP contribution in [0.3, 0.4) is 0 Å². The first-order valence-corrected chi connectivity index (χ1v) is 5.66. The molecule has 1 aromatic heterocycles. The number of hydrogen-bond donors (Lipinski definition) is 0. The summed E-state index contributed by atoms with van der Waals surface area (Å²) in [7, 11) is 0. The van der Waals surface area contributed by atoms with E-state index in [2.05, 4.69) is 9.72 Å². The number of hydrogen-bond acceptors (Lipinski definition) is 3. The maximum atomic E-state index is 12.1. The molecule has 0 amide bonds. The average molecular weight is 284 g/mol. The van der Waals surface area contributed by atoms with Crippen LogP contribution in [-0.2, 0) is 0 Å². The van der Waals surface area contributed by atoms with Crippen LogP contribution in [0, 0.1) is 0 Å². The minimum absolute atomic E-state index is 0.0681. The summed E-state index contributed by atoms with van der Waals surface area (Å²) in [5.74, 6) is -0.580. The Morgan fingerprint density at radius 2 is 2.05 bits per heavy atom. The van der Waals surface area contributed by atoms with Gasteiger partial charge in [0.05, 0.1) is 5.02 Å². The number of carbonyl (C=O) groups excluding carboxylic acids is 1. The molecule has 98 valence electrons. The number of ether oxygens (including phenoxy) is 1. The quantitative estimate of drug-likeness (QED) is 0.805. The molecule has 19 heavy (non-hydrogen) atoms. The number of benzene rings is 1. The van der Waals surface area contributed by atoms with Gasteiger partial charge in [-0.2, -0.15) is 8.78 Å². The summed E-state index contributed by atoms with van der Waals surface area (Å²) in [4.78, 5) is 16.0. The Bertz CT molecular complexity index is 590. The lowest BCUT2D eigenvalue weighted by atomic mass is 10.1. The third-order valence-electron chi connectivity index (χ3n) is 2.31. The third kappa shape index (κ3) is 3.26. The summed E-state index contributed by atoms with van der Waals surface area (Å²) >= 11 is 5.89. The van der Waals surface area contributed by atoms with Gasteiger partial charge < -0.3 is 4.74 Å². The van der Waals surface area contributed by atoms with E-state index >= 15 is 0 Å². The number of nitrogens with zero attached hydrogens (tertiary/aromatic N) is 1. The fourth-order valence-corrected chi connectivity index (χ4v) is 1.69. The summed E-state index contributed by atoms with van der Waals surface area (Å²) in [6, 6.07) is 8.59. The van der Waals surface area contributed by atoms with Crippen molar-refractivity contribution in [3.05, 3.63) is 58.9 Å². The molecule has 0 unspecified atom stereocenters. The van der Waals surface area contributed by atoms with Gasteiger partial charge in [-0.1, -0.05) is 17.7 Å². The second kappa shape index (κ2) is 5.75. The van der Waals surface area contributed by atoms with Gasteiger partial charge in [0.1, 0.15) is 11.4 Å². The molecule has 0 saturated carbocycles. The van der Waals surface area contributed by atoms with Crippen molar-refractivity contribution in [2.75, 3.05) is 0 Å². The number of halogens is 3. The molecular weight excluding hydrogens is 276 g/mol. The Hall–Kier alpha value is -2.01. The van der Waals surface area contributed by atoms with E-state index in [0.29, 0.717) is 0 Å². The summed E-state index contributed by atoms with van der Waals surface area (Å²) in [6.45, 7) is -2.96. The van der Waals surface area contributed by atoms with E-state index in [0.717, 1.165) is 0 Å². The predicted molar refractivity (Wildman–Crippen MR) is 65.8 cm³/mol. The van der Waals surface area contributed by atoms with E-state index in [1.165, 1.54) is 30.5 Å². The van der Waals surface area contributed by atoms with Crippen molar-refractivity contribution in [2.45, 2.75) is 6.61 Å². The Balaban J connectivity index is 2.36. The minimum Gasteiger partial charge on any atom is -0.435 e. The smallest absolute Gasteiger partial charge is 0.387 e. The maximum absolute atomic E-state index is 12.1. The highest BCUT2D eigenvalue weighted by atomic mass is 35.5. The molecule has 0 fully saturated rings. The van der Waals surface area contributed by atoms with Crippen molar-refractivity contribution in [3.63, 3.8) is 0 Å². The standard InChI is InChI=1S/C13H8ClF2NO2/c14-10-5-4-8(19-13(15)16)7-9(10)12(18)11-3-1-2-6-17-11/h1-7,13H. The van der Waals surface area contributed by atoms with Crippen LogP contribution in [-0.4, -0.2) is 17.4 Å². The molecule has 3 nitrogen and oxygen atoms in total. The van der Waals surface area contributed by atoms with Crippen LogP contribution in [0.2, 0.25) is 5.02 Å². The number of alkyl halides is 2. The van der Waals surface area contributed by atoms with Gasteiger partial charge in [0.2, 0.25) is 5.78 Å². The molecule has 0 saturated heterocycles. The van der Waals surface area contributed by atoms with Crippen LogP contribution < -0.4 is 4.74 Å². The number of rotatable bonds is 4. The molecule has 1 heterocycles. The van der Waals surface area contributed by atoms with Crippen LogP contribution >= 0.6 is 11.6 Å². The molecule has 2 aromatic rings. The van der Waals surface area contributed by atoms with Crippen molar-refractivity contribution in [1.82, 2.24) is 4.98 Å². The van der Waals surface area contributed by atoms with Gasteiger partial charge in [-0.3, -0.25) is 9.78 Å². The van der Waals surface area contributed by atoms with Gasteiger partial charge in [0.15, 0.2) is 0 Å². The lowest BCUT2D eigenvalue weighted by Gasteiger charge is -2.07. The van der Waals surface area contributed by atoms with E-state index in [9.17, 15) is 13.6 Å². The van der Waals surface area contributed by atoms with E-state index < -0.39 is 12.4 Å². The highest BCUT2D eigenvalue weighted by Gasteiger charge is 2.16. The summed E-state index contributed by atoms with van der Waals surface area (Å²) in [5, 5.41) is 0.150. The molecule has 0 aliphatic heterocycles. The molecule has 0 aliphatic rings. The monoisotopic (exact) mass is 283 g/mol. The van der Waals surface area contributed by atoms with E-state index in [1.807, 2.05) is 0 Å². The van der Waals surface area contributed by atoms with E-state index in [-0.39, 0.29) is 22.0 Å². The first-order valence-electron chi connectivity index (χ1n) is 5.28. The SMILES string of the molecule is O=C(c1ccccn1)c1cc(OC(F)F)ccc1Cl. The Kier molecular flexibility index (Phi) is 4.06. The lowest BCUT2D eigenvalue weighted by Crippen LogP contribution is -2.07. The number of carbonyl (C=O) groups is 1. The van der Waals surface area contributed by atoms with Crippen LogP contribution in [0.5, 0.6) is 5.75 Å². The van der Waals surface area contributed by atoms with Crippen LogP contribution in [0.4, 0.5) is 8.78 Å². The largest absolute Gasteiger partial charge is 0.435 e. The Morgan fingerprint density at radius 3 is 2.68 bits per heavy atom. The van der Waals surface area contributed by atoms with Gasteiger partial charge in [0.25, 0.3) is 0 Å². The average Bonchev–Trinajstić information content (AvgIpc) is 2.40. The van der Waals surface area contributed by atoms with E-state index in [1.54, 1.807) is 12.1 Å². The summed E-state index contributed by atoms with van der Waals surface area (Å²) < 4.78 is 28.5. The number of aromatic nitrogens is 1. The second-order valence-corrected chi connectivity index (χ2v) is 3.97. The molecule has 2 rings (SSSR count). The molecule has 0 spiro atoms. The zero-order valence-corrected chi connectivity index (χ0v) is 10.3. The van der Waals surface area contributed by atoms with Gasteiger partial charge in [-0.25, -0.2) is 0 Å². The molecule has 0 N–H and O–H groups in total. The highest BCUT2D eigenvalue weighted by Crippen LogP contribution is 2.25. The normalized spacial score (nSPS) is 10.5. The molecular formula is C13H8ClF2NO2. The predicted octanol–water partition coefficient (Wildman–Crippen LogP) is 3.57. The Labute approximate surface area is 112 Å². The van der Waals surface area contributed by atoms with Crippen molar-refractivity contribution >= 4 is 17.4 Å². The minimum atomic E-state index is -2.96. The van der Waals surface area contributed by atoms with Crippen LogP contribution in [0.25, 0.3) is 0 Å². The van der Waals surface area contributed by atoms with Gasteiger partial charge in [-0.15, -0.1) is 0 Å². The summed E-state index contributed by atoms with van der Waals surface area (Å²) in [5.41, 5.74) is 0.247. The zero-order chi connectivity index (χ0) is 13.8. The fourth-order valence-electron chi connectivity index (χ4n) is 1.49. The molecule has 0 atom stereocenters. The van der Waals surface area contributed by atoms with Gasteiger partial charge in [-0.05, 0) is 30.3 Å². The van der Waals surface area contributed by atoms with Crippen LogP contribution in [0.15, 0.2) is 42.6 Å². The number of ketones is 1. The van der Waals surface area contributed by atoms with Gasteiger partial charge >= 0.3 is 6.61 Å². The van der Waals surface area contributed by atoms with Crippen molar-refractivity contribution < 1.29 is 18.3 Å². The first kappa shape index (κ1) is 13.4. The van der Waals surface area contributed by atoms with Gasteiger partial charge in [0, 0.05) is 11.8 Å². The first-order chi connectivity index (χ1) is 9.08. The fraction of sp³-hybridized carbons (Fsp3) is 0.0769. The lowest BCUT2D eigenvalue weighted by molar-refractivity contribution is -0.0498. The zero-order valence-electron chi connectivity index (χ0n) is 9.52. The Morgan fingerprint density at radius 1 is 1.26 bits per heavy atom.